The van der Waals surface area contributed by atoms with Gasteiger partial charge in [-0.2, -0.15) is 8.42 Å². The molecule has 1 fully saturated rings. The first-order valence-electron chi connectivity index (χ1n) is 5.54. The molecule has 1 aromatic carbocycles. The van der Waals surface area contributed by atoms with E-state index in [0.717, 1.165) is 11.3 Å². The van der Waals surface area contributed by atoms with Crippen LogP contribution in [0.15, 0.2) is 18.2 Å². The molecule has 1 aliphatic heterocycles. The lowest BCUT2D eigenvalue weighted by molar-refractivity contribution is 0.601. The second-order valence-corrected chi connectivity index (χ2v) is 7.28. The van der Waals surface area contributed by atoms with Crippen molar-refractivity contribution in [3.05, 3.63) is 23.8 Å². The molecule has 1 aliphatic carbocycles. The molecular weight excluding hydrogens is 304 g/mol. The van der Waals surface area contributed by atoms with Gasteiger partial charge in [-0.25, -0.2) is 0 Å². The number of halogens is 1. The summed E-state index contributed by atoms with van der Waals surface area (Å²) in [6.45, 7) is 0. The van der Waals surface area contributed by atoms with E-state index in [1.807, 2.05) is 18.2 Å². The molecule has 0 aromatic heterocycles. The van der Waals surface area contributed by atoms with Crippen LogP contribution >= 0.6 is 15.9 Å². The molecule has 1 saturated carbocycles. The SMILES string of the molecule is CN1c2cc(C(Br)C3CC3)ccc2NS1(=O)=O. The Hall–Kier alpha value is -0.750. The molecule has 1 atom stereocenters. The smallest absolute Gasteiger partial charge is 0.264 e. The first kappa shape index (κ1) is 11.3. The summed E-state index contributed by atoms with van der Waals surface area (Å²) in [6.07, 6.45) is 2.50. The molecule has 1 N–H and O–H groups in total. The summed E-state index contributed by atoms with van der Waals surface area (Å²) in [5, 5.41) is 0. The summed E-state index contributed by atoms with van der Waals surface area (Å²) in [7, 11) is -1.80. The van der Waals surface area contributed by atoms with Crippen molar-refractivity contribution >= 4 is 37.5 Å². The van der Waals surface area contributed by atoms with Crippen LogP contribution in [-0.4, -0.2) is 15.5 Å². The lowest BCUT2D eigenvalue weighted by atomic mass is 10.1. The maximum atomic E-state index is 11.6. The van der Waals surface area contributed by atoms with Gasteiger partial charge in [0.15, 0.2) is 0 Å². The van der Waals surface area contributed by atoms with Gasteiger partial charge in [0.1, 0.15) is 0 Å². The summed E-state index contributed by atoms with van der Waals surface area (Å²) in [4.78, 5) is 0.338. The standard InChI is InChI=1S/C11H13BrN2O2S/c1-14-10-6-8(11(12)7-2-3-7)4-5-9(10)13-17(14,15)16/h4-7,11,13H,2-3H2,1H3. The second-order valence-electron chi connectivity index (χ2n) is 4.59. The number of rotatable bonds is 2. The van der Waals surface area contributed by atoms with Crippen molar-refractivity contribution in [3.63, 3.8) is 0 Å². The predicted molar refractivity (Wildman–Crippen MR) is 71.8 cm³/mol. The Bertz CT molecular complexity index is 569. The normalized spacial score (nSPS) is 23.1. The van der Waals surface area contributed by atoms with Crippen molar-refractivity contribution in [1.29, 1.82) is 0 Å². The zero-order chi connectivity index (χ0) is 12.2. The van der Waals surface area contributed by atoms with Crippen LogP contribution in [0.5, 0.6) is 0 Å². The van der Waals surface area contributed by atoms with E-state index in [-0.39, 0.29) is 0 Å². The molecule has 2 aliphatic rings. The van der Waals surface area contributed by atoms with Crippen LogP contribution in [0.2, 0.25) is 0 Å². The maximum Gasteiger partial charge on any atom is 0.323 e. The Balaban J connectivity index is 2.00. The van der Waals surface area contributed by atoms with Crippen molar-refractivity contribution in [1.82, 2.24) is 0 Å². The van der Waals surface area contributed by atoms with Gasteiger partial charge in [-0.3, -0.25) is 9.03 Å². The van der Waals surface area contributed by atoms with Crippen molar-refractivity contribution in [3.8, 4) is 0 Å². The summed E-state index contributed by atoms with van der Waals surface area (Å²) in [5.41, 5.74) is 2.54. The largest absolute Gasteiger partial charge is 0.323 e. The van der Waals surface area contributed by atoms with Gasteiger partial charge in [-0.1, -0.05) is 22.0 Å². The van der Waals surface area contributed by atoms with E-state index in [9.17, 15) is 8.42 Å². The average Bonchev–Trinajstić information content (AvgIpc) is 3.08. The average molecular weight is 317 g/mol. The lowest BCUT2D eigenvalue weighted by Gasteiger charge is -2.13. The Kier molecular flexibility index (Phi) is 2.42. The zero-order valence-corrected chi connectivity index (χ0v) is 11.8. The molecule has 1 aromatic rings. The first-order valence-corrected chi connectivity index (χ1v) is 7.89. The molecule has 6 heteroatoms. The second kappa shape index (κ2) is 3.62. The van der Waals surface area contributed by atoms with Gasteiger partial charge >= 0.3 is 10.2 Å². The summed E-state index contributed by atoms with van der Waals surface area (Å²) in [6, 6.07) is 5.77. The minimum Gasteiger partial charge on any atom is -0.264 e. The lowest BCUT2D eigenvalue weighted by Crippen LogP contribution is -2.25. The zero-order valence-electron chi connectivity index (χ0n) is 9.35. The van der Waals surface area contributed by atoms with Gasteiger partial charge in [-0.05, 0) is 36.5 Å². The molecule has 3 rings (SSSR count). The van der Waals surface area contributed by atoms with Gasteiger partial charge in [0.05, 0.1) is 11.4 Å². The third kappa shape index (κ3) is 1.83. The van der Waals surface area contributed by atoms with Crippen molar-refractivity contribution < 1.29 is 8.42 Å². The highest BCUT2D eigenvalue weighted by Crippen LogP contribution is 2.48. The van der Waals surface area contributed by atoms with Crippen LogP contribution in [0.4, 0.5) is 11.4 Å². The molecular formula is C11H13BrN2O2S. The van der Waals surface area contributed by atoms with E-state index in [4.69, 9.17) is 0 Å². The van der Waals surface area contributed by atoms with Crippen LogP contribution in [0, 0.1) is 5.92 Å². The molecule has 1 heterocycles. The minimum absolute atomic E-state index is 0.338. The third-order valence-electron chi connectivity index (χ3n) is 3.31. The summed E-state index contributed by atoms with van der Waals surface area (Å²) >= 11 is 3.68. The Morgan fingerprint density at radius 3 is 2.82 bits per heavy atom. The Morgan fingerprint density at radius 1 is 1.47 bits per heavy atom. The van der Waals surface area contributed by atoms with Crippen LogP contribution in [-0.2, 0) is 10.2 Å². The molecule has 0 spiro atoms. The van der Waals surface area contributed by atoms with Crippen molar-refractivity contribution in [2.45, 2.75) is 17.7 Å². The van der Waals surface area contributed by atoms with Crippen LogP contribution in [0.3, 0.4) is 0 Å². The monoisotopic (exact) mass is 316 g/mol. The van der Waals surface area contributed by atoms with E-state index in [0.29, 0.717) is 16.4 Å². The highest BCUT2D eigenvalue weighted by Gasteiger charge is 2.33. The minimum atomic E-state index is -3.36. The maximum absolute atomic E-state index is 11.6. The molecule has 1 unspecified atom stereocenters. The quantitative estimate of drug-likeness (QED) is 0.853. The van der Waals surface area contributed by atoms with E-state index >= 15 is 0 Å². The van der Waals surface area contributed by atoms with Gasteiger partial charge in [0.25, 0.3) is 0 Å². The number of nitrogens with zero attached hydrogens (tertiary/aromatic N) is 1. The van der Waals surface area contributed by atoms with E-state index < -0.39 is 10.2 Å². The van der Waals surface area contributed by atoms with Crippen LogP contribution in [0.25, 0.3) is 0 Å². The fourth-order valence-electron chi connectivity index (χ4n) is 2.06. The van der Waals surface area contributed by atoms with E-state index in [1.165, 1.54) is 17.1 Å². The molecule has 0 radical (unpaired) electrons. The van der Waals surface area contributed by atoms with Crippen LogP contribution in [0.1, 0.15) is 23.2 Å². The highest BCUT2D eigenvalue weighted by atomic mass is 79.9. The molecule has 0 saturated heterocycles. The number of hydrogen-bond acceptors (Lipinski definition) is 2. The van der Waals surface area contributed by atoms with Crippen molar-refractivity contribution in [2.75, 3.05) is 16.1 Å². The fourth-order valence-corrected chi connectivity index (χ4v) is 3.88. The Morgan fingerprint density at radius 2 is 2.18 bits per heavy atom. The molecule has 0 amide bonds. The van der Waals surface area contributed by atoms with Gasteiger partial charge in [0, 0.05) is 11.9 Å². The number of benzene rings is 1. The van der Waals surface area contributed by atoms with Crippen molar-refractivity contribution in [2.24, 2.45) is 5.92 Å². The third-order valence-corrected chi connectivity index (χ3v) is 5.99. The number of fused-ring (bicyclic) bond motifs is 1. The topological polar surface area (TPSA) is 49.4 Å². The predicted octanol–water partition coefficient (Wildman–Crippen LogP) is 2.64. The van der Waals surface area contributed by atoms with E-state index in [2.05, 4.69) is 20.7 Å². The molecule has 4 nitrogen and oxygen atoms in total. The molecule has 92 valence electrons. The fraction of sp³-hybridized carbons (Fsp3) is 0.455. The first-order chi connectivity index (χ1) is 7.99. The number of alkyl halides is 1. The highest BCUT2D eigenvalue weighted by molar-refractivity contribution is 9.09. The summed E-state index contributed by atoms with van der Waals surface area (Å²) in [5.74, 6) is 0.698. The number of nitrogens with one attached hydrogen (secondary N) is 1. The Labute approximate surface area is 109 Å². The molecule has 17 heavy (non-hydrogen) atoms. The van der Waals surface area contributed by atoms with Gasteiger partial charge < -0.3 is 0 Å². The van der Waals surface area contributed by atoms with E-state index in [1.54, 1.807) is 7.05 Å². The number of hydrogen-bond donors (Lipinski definition) is 1. The number of anilines is 2. The van der Waals surface area contributed by atoms with Crippen LogP contribution < -0.4 is 9.03 Å². The van der Waals surface area contributed by atoms with Gasteiger partial charge in [0.2, 0.25) is 0 Å². The summed E-state index contributed by atoms with van der Waals surface area (Å²) < 4.78 is 27.1. The van der Waals surface area contributed by atoms with Gasteiger partial charge in [-0.15, -0.1) is 0 Å². The molecule has 0 bridgehead atoms.